The van der Waals surface area contributed by atoms with Gasteiger partial charge >= 0.3 is 0 Å². The molecule has 0 aliphatic carbocycles. The number of nitrogens with zero attached hydrogens (tertiary/aromatic N) is 2. The minimum atomic E-state index is -0.738. The van der Waals surface area contributed by atoms with Crippen molar-refractivity contribution in [2.24, 2.45) is 0 Å². The van der Waals surface area contributed by atoms with E-state index in [4.69, 9.17) is 25.5 Å². The fraction of sp³-hybridized carbons (Fsp3) is 0.304. The fourth-order valence-corrected chi connectivity index (χ4v) is 3.38. The second kappa shape index (κ2) is 10.5. The zero-order valence-corrected chi connectivity index (χ0v) is 19.5. The molecule has 2 aromatic heterocycles. The molecule has 1 amide bonds. The van der Waals surface area contributed by atoms with E-state index in [2.05, 4.69) is 10.3 Å². The van der Waals surface area contributed by atoms with Crippen molar-refractivity contribution in [3.8, 4) is 11.6 Å². The number of nitrogens with one attached hydrogen (secondary N) is 1. The second-order valence-corrected chi connectivity index (χ2v) is 7.89. The first-order valence-corrected chi connectivity index (χ1v) is 10.5. The van der Waals surface area contributed by atoms with Gasteiger partial charge in [-0.15, -0.1) is 0 Å². The summed E-state index contributed by atoms with van der Waals surface area (Å²) in [7, 11) is 6.64. The van der Waals surface area contributed by atoms with Crippen LogP contribution in [0.4, 0.5) is 0 Å². The van der Waals surface area contributed by atoms with Gasteiger partial charge in [0.25, 0.3) is 11.8 Å². The molecule has 9 nitrogen and oxygen atoms in total. The Morgan fingerprint density at radius 1 is 1.18 bits per heavy atom. The number of pyridine rings is 1. The molecule has 0 aliphatic rings. The van der Waals surface area contributed by atoms with E-state index in [9.17, 15) is 14.4 Å². The number of hydrogen-bond donors (Lipinski definition) is 1. The van der Waals surface area contributed by atoms with Crippen LogP contribution >= 0.6 is 11.6 Å². The summed E-state index contributed by atoms with van der Waals surface area (Å²) >= 11 is 6.04. The van der Waals surface area contributed by atoms with E-state index < -0.39 is 22.7 Å². The maximum atomic E-state index is 13.4. The Hall–Kier alpha value is -3.43. The number of carbonyl (C=O) groups excluding carboxylic acids is 2. The van der Waals surface area contributed by atoms with E-state index in [1.54, 1.807) is 0 Å². The Labute approximate surface area is 195 Å². The van der Waals surface area contributed by atoms with Crippen LogP contribution in [0, 0.1) is 0 Å². The van der Waals surface area contributed by atoms with Crippen LogP contribution in [0.5, 0.6) is 11.6 Å². The highest BCUT2D eigenvalue weighted by Crippen LogP contribution is 2.27. The topological polar surface area (TPSA) is 111 Å². The molecule has 3 aromatic rings. The fourth-order valence-electron chi connectivity index (χ4n) is 3.21. The summed E-state index contributed by atoms with van der Waals surface area (Å²) in [6.45, 7) is 1.09. The zero-order chi connectivity index (χ0) is 24.1. The van der Waals surface area contributed by atoms with E-state index in [-0.39, 0.29) is 33.9 Å². The number of hydrogen-bond acceptors (Lipinski definition) is 8. The number of carbonyl (C=O) groups is 2. The molecule has 0 radical (unpaired) electrons. The summed E-state index contributed by atoms with van der Waals surface area (Å²) < 4.78 is 16.0. The van der Waals surface area contributed by atoms with Crippen molar-refractivity contribution < 1.29 is 23.5 Å². The second-order valence-electron chi connectivity index (χ2n) is 7.45. The summed E-state index contributed by atoms with van der Waals surface area (Å²) in [6.07, 6.45) is 1.92. The Morgan fingerprint density at radius 2 is 1.94 bits per heavy atom. The minimum Gasteiger partial charge on any atom is -0.491 e. The van der Waals surface area contributed by atoms with Crippen LogP contribution in [0.2, 0.25) is 5.02 Å². The summed E-state index contributed by atoms with van der Waals surface area (Å²) in [5.41, 5.74) is -0.909. The lowest BCUT2D eigenvalue weighted by Crippen LogP contribution is -2.31. The molecule has 33 heavy (non-hydrogen) atoms. The number of methoxy groups -OCH3 is 2. The van der Waals surface area contributed by atoms with E-state index in [1.165, 1.54) is 44.7 Å². The molecule has 1 N–H and O–H groups in total. The molecule has 1 aromatic carbocycles. The number of aromatic nitrogens is 1. The lowest BCUT2D eigenvalue weighted by Gasteiger charge is -2.12. The SMILES string of the molecule is COc1cc(C(=O)c2c(C(=O)NCCCN(C)C)oc3ccc(Cl)cc3c2=O)cnc1OC. The third kappa shape index (κ3) is 5.32. The van der Waals surface area contributed by atoms with Crippen LogP contribution in [-0.2, 0) is 0 Å². The summed E-state index contributed by atoms with van der Waals surface area (Å²) in [4.78, 5) is 45.7. The van der Waals surface area contributed by atoms with Crippen molar-refractivity contribution >= 4 is 34.3 Å². The predicted octanol–water partition coefficient (Wildman–Crippen LogP) is 2.77. The van der Waals surface area contributed by atoms with Crippen LogP contribution in [0.15, 0.2) is 39.7 Å². The highest BCUT2D eigenvalue weighted by atomic mass is 35.5. The maximum Gasteiger partial charge on any atom is 0.287 e. The van der Waals surface area contributed by atoms with Crippen LogP contribution in [0.3, 0.4) is 0 Å². The van der Waals surface area contributed by atoms with Gasteiger partial charge in [-0.2, -0.15) is 0 Å². The standard InChI is InChI=1S/C23H24ClN3O6/c1-27(2)9-5-8-25-22(30)21-18(20(29)15-11-14(24)6-7-16(15)33-21)19(28)13-10-17(31-3)23(32-4)26-12-13/h6-7,10-12H,5,8-9H2,1-4H3,(H,25,30). The van der Waals surface area contributed by atoms with Crippen LogP contribution < -0.4 is 20.2 Å². The zero-order valence-electron chi connectivity index (χ0n) is 18.7. The molecular formula is C23H24ClN3O6. The van der Waals surface area contributed by atoms with Gasteiger partial charge in [-0.3, -0.25) is 14.4 Å². The molecular weight excluding hydrogens is 450 g/mol. The number of ether oxygens (including phenoxy) is 2. The van der Waals surface area contributed by atoms with Gasteiger partial charge in [-0.05, 0) is 51.3 Å². The Kier molecular flexibility index (Phi) is 7.67. The highest BCUT2D eigenvalue weighted by Gasteiger charge is 2.27. The Morgan fingerprint density at radius 3 is 2.61 bits per heavy atom. The molecule has 2 heterocycles. The minimum absolute atomic E-state index is 0.0305. The highest BCUT2D eigenvalue weighted by molar-refractivity contribution is 6.31. The van der Waals surface area contributed by atoms with E-state index in [0.717, 1.165) is 6.54 Å². The van der Waals surface area contributed by atoms with Gasteiger partial charge in [-0.25, -0.2) is 4.98 Å². The van der Waals surface area contributed by atoms with E-state index in [1.807, 2.05) is 19.0 Å². The van der Waals surface area contributed by atoms with E-state index >= 15 is 0 Å². The van der Waals surface area contributed by atoms with Crippen LogP contribution in [0.1, 0.15) is 32.9 Å². The van der Waals surface area contributed by atoms with Crippen molar-refractivity contribution in [3.05, 3.63) is 62.6 Å². The predicted molar refractivity (Wildman–Crippen MR) is 124 cm³/mol. The summed E-state index contributed by atoms with van der Waals surface area (Å²) in [5.74, 6) is -1.41. The van der Waals surface area contributed by atoms with Gasteiger partial charge in [-0.1, -0.05) is 11.6 Å². The molecule has 0 bridgehead atoms. The Bertz CT molecular complexity index is 1250. The Balaban J connectivity index is 2.10. The lowest BCUT2D eigenvalue weighted by atomic mass is 10.0. The average molecular weight is 474 g/mol. The molecule has 0 aliphatic heterocycles. The van der Waals surface area contributed by atoms with Crippen molar-refractivity contribution in [1.29, 1.82) is 0 Å². The number of ketones is 1. The van der Waals surface area contributed by atoms with Crippen LogP contribution in [-0.4, -0.2) is 63.0 Å². The van der Waals surface area contributed by atoms with Crippen molar-refractivity contribution in [1.82, 2.24) is 15.2 Å². The molecule has 174 valence electrons. The summed E-state index contributed by atoms with van der Waals surface area (Å²) in [6, 6.07) is 5.79. The molecule has 0 saturated carbocycles. The smallest absolute Gasteiger partial charge is 0.287 e. The van der Waals surface area contributed by atoms with Gasteiger partial charge < -0.3 is 24.1 Å². The lowest BCUT2D eigenvalue weighted by molar-refractivity contribution is 0.0912. The normalized spacial score (nSPS) is 11.0. The molecule has 3 rings (SSSR count). The van der Waals surface area contributed by atoms with Crippen molar-refractivity contribution in [2.45, 2.75) is 6.42 Å². The molecule has 0 fully saturated rings. The maximum absolute atomic E-state index is 13.4. The molecule has 0 atom stereocenters. The number of rotatable bonds is 9. The number of benzene rings is 1. The van der Waals surface area contributed by atoms with Gasteiger partial charge in [0, 0.05) is 23.3 Å². The van der Waals surface area contributed by atoms with Crippen molar-refractivity contribution in [2.75, 3.05) is 41.4 Å². The van der Waals surface area contributed by atoms with Gasteiger partial charge in [0.05, 0.1) is 19.6 Å². The number of halogens is 1. The van der Waals surface area contributed by atoms with Crippen LogP contribution in [0.25, 0.3) is 11.0 Å². The monoisotopic (exact) mass is 473 g/mol. The van der Waals surface area contributed by atoms with Gasteiger partial charge in [0.2, 0.25) is 17.0 Å². The van der Waals surface area contributed by atoms with Crippen molar-refractivity contribution in [3.63, 3.8) is 0 Å². The first kappa shape index (κ1) is 24.2. The summed E-state index contributed by atoms with van der Waals surface area (Å²) in [5, 5.41) is 3.09. The molecule has 10 heteroatoms. The molecule has 0 saturated heterocycles. The average Bonchev–Trinajstić information content (AvgIpc) is 2.80. The quantitative estimate of drug-likeness (QED) is 0.373. The largest absolute Gasteiger partial charge is 0.491 e. The van der Waals surface area contributed by atoms with E-state index in [0.29, 0.717) is 18.0 Å². The first-order chi connectivity index (χ1) is 15.8. The first-order valence-electron chi connectivity index (χ1n) is 10.1. The third-order valence-corrected chi connectivity index (χ3v) is 5.08. The van der Waals surface area contributed by atoms with Gasteiger partial charge in [0.15, 0.2) is 5.75 Å². The molecule has 0 spiro atoms. The van der Waals surface area contributed by atoms with Gasteiger partial charge in [0.1, 0.15) is 11.1 Å². The number of amides is 1. The number of fused-ring (bicyclic) bond motifs is 1. The third-order valence-electron chi connectivity index (χ3n) is 4.85. The molecule has 0 unspecified atom stereocenters.